The van der Waals surface area contributed by atoms with Crippen LogP contribution >= 0.6 is 0 Å². The van der Waals surface area contributed by atoms with Crippen molar-refractivity contribution in [1.82, 2.24) is 4.72 Å². The zero-order valence-electron chi connectivity index (χ0n) is 10.7. The minimum absolute atomic E-state index is 0.0468. The Hall–Kier alpha value is -2.67. The van der Waals surface area contributed by atoms with E-state index >= 15 is 0 Å². The van der Waals surface area contributed by atoms with Gasteiger partial charge in [0.2, 0.25) is 0 Å². The van der Waals surface area contributed by atoms with E-state index in [4.69, 9.17) is 5.11 Å². The molecule has 0 saturated carbocycles. The Kier molecular flexibility index (Phi) is 4.04. The molecule has 2 aromatic rings. The summed E-state index contributed by atoms with van der Waals surface area (Å²) in [7, 11) is -3.99. The summed E-state index contributed by atoms with van der Waals surface area (Å²) in [6.07, 6.45) is 0. The Morgan fingerprint density at radius 3 is 2.14 bits per heavy atom. The monoisotopic (exact) mass is 305 g/mol. The van der Waals surface area contributed by atoms with Crippen LogP contribution < -0.4 is 4.72 Å². The number of amides is 1. The van der Waals surface area contributed by atoms with Gasteiger partial charge in [0.05, 0.1) is 10.5 Å². The molecule has 0 saturated heterocycles. The first kappa shape index (κ1) is 14.7. The quantitative estimate of drug-likeness (QED) is 0.891. The zero-order valence-corrected chi connectivity index (χ0v) is 11.5. The summed E-state index contributed by atoms with van der Waals surface area (Å²) in [6, 6.07) is 12.5. The Bertz CT molecular complexity index is 784. The van der Waals surface area contributed by atoms with Crippen LogP contribution in [0.5, 0.6) is 0 Å². The summed E-state index contributed by atoms with van der Waals surface area (Å²) in [4.78, 5) is 22.7. The first-order chi connectivity index (χ1) is 9.90. The molecule has 0 aromatic heterocycles. The molecule has 0 radical (unpaired) electrons. The highest BCUT2D eigenvalue weighted by Crippen LogP contribution is 2.10. The molecule has 0 aliphatic heterocycles. The molecule has 21 heavy (non-hydrogen) atoms. The molecule has 0 unspecified atom stereocenters. The summed E-state index contributed by atoms with van der Waals surface area (Å²) < 4.78 is 25.9. The maximum atomic E-state index is 12.0. The Morgan fingerprint density at radius 1 is 0.905 bits per heavy atom. The van der Waals surface area contributed by atoms with Crippen molar-refractivity contribution in [2.24, 2.45) is 0 Å². The second-order valence-corrected chi connectivity index (χ2v) is 5.82. The van der Waals surface area contributed by atoms with E-state index in [2.05, 4.69) is 0 Å². The smallest absolute Gasteiger partial charge is 0.335 e. The van der Waals surface area contributed by atoms with E-state index in [1.165, 1.54) is 42.5 Å². The highest BCUT2D eigenvalue weighted by Gasteiger charge is 2.18. The molecule has 0 bridgehead atoms. The molecule has 0 aliphatic carbocycles. The molecule has 0 fully saturated rings. The first-order valence-corrected chi connectivity index (χ1v) is 7.34. The van der Waals surface area contributed by atoms with Crippen molar-refractivity contribution in [3.63, 3.8) is 0 Å². The Balaban J connectivity index is 2.26. The van der Waals surface area contributed by atoms with Crippen molar-refractivity contribution in [1.29, 1.82) is 0 Å². The van der Waals surface area contributed by atoms with Crippen LogP contribution in [-0.2, 0) is 10.0 Å². The molecular formula is C14H11NO5S. The average Bonchev–Trinajstić information content (AvgIpc) is 2.48. The molecule has 1 amide bonds. The van der Waals surface area contributed by atoms with Crippen LogP contribution in [0.2, 0.25) is 0 Å². The standard InChI is InChI=1S/C14H11NO5S/c16-13(10-5-4-6-11(9-10)14(17)18)15-21(19,20)12-7-2-1-3-8-12/h1-9H,(H,15,16)(H,17,18). The summed E-state index contributed by atoms with van der Waals surface area (Å²) in [5.74, 6) is -2.09. The summed E-state index contributed by atoms with van der Waals surface area (Å²) in [5, 5.41) is 8.85. The molecule has 2 rings (SSSR count). The fourth-order valence-electron chi connectivity index (χ4n) is 1.63. The van der Waals surface area contributed by atoms with Crippen molar-refractivity contribution >= 4 is 21.9 Å². The van der Waals surface area contributed by atoms with Gasteiger partial charge in [0, 0.05) is 5.56 Å². The second-order valence-electron chi connectivity index (χ2n) is 4.13. The maximum absolute atomic E-state index is 12.0. The minimum Gasteiger partial charge on any atom is -0.478 e. The van der Waals surface area contributed by atoms with Gasteiger partial charge >= 0.3 is 5.97 Å². The van der Waals surface area contributed by atoms with Gasteiger partial charge in [-0.25, -0.2) is 17.9 Å². The fourth-order valence-corrected chi connectivity index (χ4v) is 2.63. The number of hydrogen-bond acceptors (Lipinski definition) is 4. The molecule has 2 aromatic carbocycles. The molecule has 0 spiro atoms. The molecular weight excluding hydrogens is 294 g/mol. The molecule has 0 heterocycles. The van der Waals surface area contributed by atoms with Crippen molar-refractivity contribution < 1.29 is 23.1 Å². The molecule has 108 valence electrons. The third-order valence-corrected chi connectivity index (χ3v) is 4.00. The van der Waals surface area contributed by atoms with Gasteiger partial charge in [-0.2, -0.15) is 0 Å². The number of carbonyl (C=O) groups excluding carboxylic acids is 1. The van der Waals surface area contributed by atoms with Crippen molar-refractivity contribution in [2.45, 2.75) is 4.90 Å². The van der Waals surface area contributed by atoms with E-state index in [0.717, 1.165) is 6.07 Å². The normalized spacial score (nSPS) is 10.9. The summed E-state index contributed by atoms with van der Waals surface area (Å²) in [5.41, 5.74) is -0.144. The number of carboxylic acid groups (broad SMARTS) is 1. The number of sulfonamides is 1. The summed E-state index contributed by atoms with van der Waals surface area (Å²) in [6.45, 7) is 0. The summed E-state index contributed by atoms with van der Waals surface area (Å²) >= 11 is 0. The van der Waals surface area contributed by atoms with Gasteiger partial charge in [0.15, 0.2) is 0 Å². The van der Waals surface area contributed by atoms with Gasteiger partial charge in [-0.1, -0.05) is 24.3 Å². The number of rotatable bonds is 4. The van der Waals surface area contributed by atoms with E-state index in [1.807, 2.05) is 4.72 Å². The number of benzene rings is 2. The lowest BCUT2D eigenvalue weighted by atomic mass is 10.1. The lowest BCUT2D eigenvalue weighted by molar-refractivity contribution is 0.0697. The van der Waals surface area contributed by atoms with Crippen LogP contribution in [0.25, 0.3) is 0 Å². The van der Waals surface area contributed by atoms with Crippen LogP contribution in [0.3, 0.4) is 0 Å². The van der Waals surface area contributed by atoms with Gasteiger partial charge in [0.25, 0.3) is 15.9 Å². The van der Waals surface area contributed by atoms with Crippen LogP contribution in [-0.4, -0.2) is 25.4 Å². The Morgan fingerprint density at radius 2 is 1.52 bits per heavy atom. The number of nitrogens with one attached hydrogen (secondary N) is 1. The maximum Gasteiger partial charge on any atom is 0.335 e. The van der Waals surface area contributed by atoms with Gasteiger partial charge in [-0.05, 0) is 30.3 Å². The lowest BCUT2D eigenvalue weighted by Gasteiger charge is -2.07. The predicted octanol–water partition coefficient (Wildman–Crippen LogP) is 1.50. The van der Waals surface area contributed by atoms with Gasteiger partial charge < -0.3 is 5.11 Å². The third-order valence-electron chi connectivity index (χ3n) is 2.65. The average molecular weight is 305 g/mol. The largest absolute Gasteiger partial charge is 0.478 e. The SMILES string of the molecule is O=C(O)c1cccc(C(=O)NS(=O)(=O)c2ccccc2)c1. The van der Waals surface area contributed by atoms with Crippen molar-refractivity contribution in [3.8, 4) is 0 Å². The van der Waals surface area contributed by atoms with Crippen molar-refractivity contribution in [3.05, 3.63) is 65.7 Å². The van der Waals surface area contributed by atoms with Crippen LogP contribution in [0.4, 0.5) is 0 Å². The molecule has 6 nitrogen and oxygen atoms in total. The first-order valence-electron chi connectivity index (χ1n) is 5.86. The number of aromatic carboxylic acids is 1. The lowest BCUT2D eigenvalue weighted by Crippen LogP contribution is -2.30. The van der Waals surface area contributed by atoms with E-state index in [1.54, 1.807) is 6.07 Å². The van der Waals surface area contributed by atoms with E-state index in [-0.39, 0.29) is 16.0 Å². The van der Waals surface area contributed by atoms with Crippen LogP contribution in [0.15, 0.2) is 59.5 Å². The molecule has 0 atom stereocenters. The van der Waals surface area contributed by atoms with E-state index < -0.39 is 21.9 Å². The van der Waals surface area contributed by atoms with E-state index in [9.17, 15) is 18.0 Å². The highest BCUT2D eigenvalue weighted by molar-refractivity contribution is 7.90. The fraction of sp³-hybridized carbons (Fsp3) is 0. The molecule has 2 N–H and O–H groups in total. The van der Waals surface area contributed by atoms with E-state index in [0.29, 0.717) is 0 Å². The zero-order chi connectivity index (χ0) is 15.5. The number of carboxylic acids is 1. The van der Waals surface area contributed by atoms with Gasteiger partial charge in [-0.15, -0.1) is 0 Å². The van der Waals surface area contributed by atoms with Crippen LogP contribution in [0.1, 0.15) is 20.7 Å². The third kappa shape index (κ3) is 3.46. The second kappa shape index (κ2) is 5.76. The topological polar surface area (TPSA) is 101 Å². The Labute approximate surface area is 121 Å². The molecule has 0 aliphatic rings. The highest BCUT2D eigenvalue weighted by atomic mass is 32.2. The molecule has 7 heteroatoms. The van der Waals surface area contributed by atoms with Gasteiger partial charge in [-0.3, -0.25) is 4.79 Å². The van der Waals surface area contributed by atoms with Gasteiger partial charge in [0.1, 0.15) is 0 Å². The number of hydrogen-bond donors (Lipinski definition) is 2. The van der Waals surface area contributed by atoms with Crippen molar-refractivity contribution in [2.75, 3.05) is 0 Å². The predicted molar refractivity (Wildman–Crippen MR) is 74.5 cm³/mol. The minimum atomic E-state index is -3.99. The van der Waals surface area contributed by atoms with Crippen LogP contribution in [0, 0.1) is 0 Å². The number of carbonyl (C=O) groups is 2.